The topological polar surface area (TPSA) is 74.5 Å². The van der Waals surface area contributed by atoms with Gasteiger partial charge in [0, 0.05) is 44.6 Å². The van der Waals surface area contributed by atoms with Crippen molar-refractivity contribution >= 4 is 54.6 Å². The molecular weight excluding hydrogens is 433 g/mol. The van der Waals surface area contributed by atoms with E-state index in [1.165, 1.54) is 5.56 Å². The Morgan fingerprint density at radius 3 is 2.21 bits per heavy atom. The number of piperazine rings is 1. The molecule has 0 atom stereocenters. The molecule has 160 valence electrons. The molecule has 2 aromatic rings. The Morgan fingerprint density at radius 1 is 1.00 bits per heavy atom. The molecule has 1 aliphatic carbocycles. The predicted octanol–water partition coefficient (Wildman–Crippen LogP) is 3.10. The van der Waals surface area contributed by atoms with Crippen LogP contribution in [0.4, 0.5) is 11.5 Å². The molecule has 4 rings (SSSR count). The van der Waals surface area contributed by atoms with E-state index in [9.17, 15) is 4.79 Å². The number of aromatic nitrogens is 1. The van der Waals surface area contributed by atoms with Gasteiger partial charge in [0.2, 0.25) is 5.91 Å². The molecule has 6 nitrogen and oxygen atoms in total. The maximum Gasteiger partial charge on any atom is 0.244 e. The van der Waals surface area contributed by atoms with Crippen molar-refractivity contribution in [3.63, 3.8) is 0 Å². The van der Waals surface area contributed by atoms with Crippen molar-refractivity contribution in [1.82, 2.24) is 9.88 Å². The number of nitrogens with zero attached hydrogens (tertiary/aromatic N) is 3. The highest BCUT2D eigenvalue weighted by Crippen LogP contribution is 2.33. The Morgan fingerprint density at radius 2 is 1.66 bits per heavy atom. The molecule has 1 aromatic carbocycles. The average Bonchev–Trinajstić information content (AvgIpc) is 3.44. The maximum absolute atomic E-state index is 12.0. The van der Waals surface area contributed by atoms with Gasteiger partial charge in [0.1, 0.15) is 5.82 Å². The van der Waals surface area contributed by atoms with E-state index >= 15 is 0 Å². The van der Waals surface area contributed by atoms with Gasteiger partial charge in [0.05, 0.1) is 5.54 Å². The van der Waals surface area contributed by atoms with Crippen molar-refractivity contribution in [1.29, 1.82) is 0 Å². The van der Waals surface area contributed by atoms with Gasteiger partial charge in [-0.2, -0.15) is 0 Å². The number of anilines is 2. The smallest absolute Gasteiger partial charge is 0.244 e. The number of benzene rings is 1. The minimum Gasteiger partial charge on any atom is -0.354 e. The number of carbonyl (C=O) groups excluding carboxylic acids is 1. The lowest BCUT2D eigenvalue weighted by Crippen LogP contribution is -2.46. The van der Waals surface area contributed by atoms with Gasteiger partial charge in [-0.3, -0.25) is 9.69 Å². The molecule has 1 amide bonds. The fourth-order valence-electron chi connectivity index (χ4n) is 3.24. The highest BCUT2D eigenvalue weighted by atomic mass is 35.5. The summed E-state index contributed by atoms with van der Waals surface area (Å²) in [6, 6.07) is 14.1. The van der Waals surface area contributed by atoms with E-state index in [0.717, 1.165) is 57.1 Å². The van der Waals surface area contributed by atoms with Gasteiger partial charge in [-0.05, 0) is 42.7 Å². The lowest BCUT2D eigenvalue weighted by molar-refractivity contribution is -0.118. The lowest BCUT2D eigenvalue weighted by atomic mass is 10.1. The van der Waals surface area contributed by atoms with E-state index in [0.29, 0.717) is 0 Å². The van der Waals surface area contributed by atoms with E-state index in [4.69, 9.17) is 5.73 Å². The molecule has 1 saturated heterocycles. The number of hydrogen-bond acceptors (Lipinski definition) is 5. The summed E-state index contributed by atoms with van der Waals surface area (Å²) in [5.74, 6) is 0.983. The van der Waals surface area contributed by atoms with E-state index in [1.54, 1.807) is 0 Å². The molecule has 0 radical (unpaired) electrons. The molecular formula is C20H28Cl3N5O. The van der Waals surface area contributed by atoms with Gasteiger partial charge < -0.3 is 16.0 Å². The molecule has 29 heavy (non-hydrogen) atoms. The van der Waals surface area contributed by atoms with Crippen LogP contribution in [0.3, 0.4) is 0 Å². The second-order valence-electron chi connectivity index (χ2n) is 7.26. The fraction of sp³-hybridized carbons (Fsp3) is 0.400. The van der Waals surface area contributed by atoms with Crippen LogP contribution in [0.2, 0.25) is 0 Å². The summed E-state index contributed by atoms with van der Waals surface area (Å²) >= 11 is 0. The summed E-state index contributed by atoms with van der Waals surface area (Å²) in [5, 5.41) is 2.91. The second-order valence-corrected chi connectivity index (χ2v) is 7.26. The number of halogens is 3. The van der Waals surface area contributed by atoms with Crippen molar-refractivity contribution in [3.8, 4) is 0 Å². The third-order valence-corrected chi connectivity index (χ3v) is 5.20. The molecule has 2 fully saturated rings. The molecule has 2 aliphatic rings. The first-order valence-corrected chi connectivity index (χ1v) is 9.20. The monoisotopic (exact) mass is 459 g/mol. The molecule has 1 aromatic heterocycles. The van der Waals surface area contributed by atoms with Gasteiger partial charge in [-0.1, -0.05) is 18.2 Å². The predicted molar refractivity (Wildman–Crippen MR) is 125 cm³/mol. The summed E-state index contributed by atoms with van der Waals surface area (Å²) in [6.45, 7) is 4.94. The second kappa shape index (κ2) is 11.0. The molecule has 0 bridgehead atoms. The van der Waals surface area contributed by atoms with Gasteiger partial charge in [0.25, 0.3) is 0 Å². The molecule has 0 spiro atoms. The number of nitrogens with two attached hydrogens (primary N) is 1. The Bertz CT molecular complexity index is 763. The lowest BCUT2D eigenvalue weighted by Gasteiger charge is -2.35. The Labute approximate surface area is 190 Å². The van der Waals surface area contributed by atoms with Gasteiger partial charge in [-0.25, -0.2) is 4.98 Å². The number of carbonyl (C=O) groups is 1. The molecule has 0 unspecified atom stereocenters. The van der Waals surface area contributed by atoms with Crippen LogP contribution in [0.25, 0.3) is 0 Å². The summed E-state index contributed by atoms with van der Waals surface area (Å²) in [6.07, 6.45) is 3.40. The molecule has 3 N–H and O–H groups in total. The summed E-state index contributed by atoms with van der Waals surface area (Å²) in [4.78, 5) is 21.2. The first kappa shape index (κ1) is 25.5. The number of pyridine rings is 1. The fourth-order valence-corrected chi connectivity index (χ4v) is 3.24. The van der Waals surface area contributed by atoms with Crippen LogP contribution >= 0.6 is 37.2 Å². The highest BCUT2D eigenvalue weighted by Gasteiger charge is 2.45. The summed E-state index contributed by atoms with van der Waals surface area (Å²) < 4.78 is 0. The van der Waals surface area contributed by atoms with Crippen LogP contribution in [0.15, 0.2) is 48.7 Å². The molecule has 9 heteroatoms. The summed E-state index contributed by atoms with van der Waals surface area (Å²) in [7, 11) is 0. The normalized spacial score (nSPS) is 17.2. The number of rotatable bonds is 5. The largest absolute Gasteiger partial charge is 0.354 e. The molecule has 2 heterocycles. The standard InChI is InChI=1S/C20H25N5O.3ClH/c21-20(8-9-20)19(26)23-17-6-4-16(5-7-17)15-24-11-13-25(14-12-24)18-3-1-2-10-22-18;;;/h1-7,10H,8-9,11-15,21H2,(H,23,26);3*1H. The van der Waals surface area contributed by atoms with Crippen LogP contribution < -0.4 is 16.0 Å². The van der Waals surface area contributed by atoms with Crippen LogP contribution in [-0.4, -0.2) is 47.5 Å². The van der Waals surface area contributed by atoms with E-state index in [-0.39, 0.29) is 43.1 Å². The van der Waals surface area contributed by atoms with Crippen LogP contribution in [-0.2, 0) is 11.3 Å². The number of amides is 1. The van der Waals surface area contributed by atoms with Crippen molar-refractivity contribution in [2.75, 3.05) is 36.4 Å². The minimum atomic E-state index is -0.633. The Hall–Kier alpha value is -1.57. The van der Waals surface area contributed by atoms with Crippen molar-refractivity contribution < 1.29 is 4.79 Å². The SMILES string of the molecule is Cl.Cl.Cl.NC1(C(=O)Nc2ccc(CN3CCN(c4ccccn4)CC3)cc2)CC1. The average molecular weight is 461 g/mol. The zero-order valence-electron chi connectivity index (χ0n) is 16.1. The third-order valence-electron chi connectivity index (χ3n) is 5.20. The first-order chi connectivity index (χ1) is 12.6. The Balaban J connectivity index is 0.00000140. The van der Waals surface area contributed by atoms with Gasteiger partial charge in [0.15, 0.2) is 0 Å². The zero-order valence-corrected chi connectivity index (χ0v) is 18.6. The van der Waals surface area contributed by atoms with Crippen molar-refractivity contribution in [3.05, 3.63) is 54.2 Å². The maximum atomic E-state index is 12.0. The van der Waals surface area contributed by atoms with E-state index in [1.807, 2.05) is 30.5 Å². The molecule has 1 aliphatic heterocycles. The highest BCUT2D eigenvalue weighted by molar-refractivity contribution is 6.00. The van der Waals surface area contributed by atoms with Gasteiger partial charge in [-0.15, -0.1) is 37.2 Å². The summed E-state index contributed by atoms with van der Waals surface area (Å²) in [5.41, 5.74) is 7.35. The Kier molecular flexibility index (Phi) is 9.65. The van der Waals surface area contributed by atoms with Crippen LogP contribution in [0.5, 0.6) is 0 Å². The van der Waals surface area contributed by atoms with E-state index < -0.39 is 5.54 Å². The van der Waals surface area contributed by atoms with E-state index in [2.05, 4.69) is 38.3 Å². The minimum absolute atomic E-state index is 0. The quantitative estimate of drug-likeness (QED) is 0.717. The molecule has 1 saturated carbocycles. The number of nitrogens with one attached hydrogen (secondary N) is 1. The third kappa shape index (κ3) is 6.46. The number of hydrogen-bond donors (Lipinski definition) is 2. The van der Waals surface area contributed by atoms with Crippen LogP contribution in [0, 0.1) is 0 Å². The van der Waals surface area contributed by atoms with Crippen molar-refractivity contribution in [2.24, 2.45) is 5.73 Å². The van der Waals surface area contributed by atoms with Gasteiger partial charge >= 0.3 is 0 Å². The first-order valence-electron chi connectivity index (χ1n) is 9.20. The van der Waals surface area contributed by atoms with Crippen molar-refractivity contribution in [2.45, 2.75) is 24.9 Å². The van der Waals surface area contributed by atoms with Crippen LogP contribution in [0.1, 0.15) is 18.4 Å². The zero-order chi connectivity index (χ0) is 18.0.